The Hall–Kier alpha value is -5.07. The van der Waals surface area contributed by atoms with E-state index in [0.29, 0.717) is 37.2 Å². The number of Topliss-reactive ketones (excluding diaryl/α,β-unsaturated/α-hetero) is 3. The number of rotatable bonds is 24. The number of hydrogen-bond acceptors (Lipinski definition) is 9. The van der Waals surface area contributed by atoms with Crippen LogP contribution in [0, 0.1) is 35.5 Å². The Balaban J connectivity index is 2.00. The van der Waals surface area contributed by atoms with Crippen LogP contribution >= 0.6 is 0 Å². The van der Waals surface area contributed by atoms with Crippen LogP contribution in [0.4, 0.5) is 9.59 Å². The van der Waals surface area contributed by atoms with Crippen molar-refractivity contribution in [2.45, 2.75) is 106 Å². The topological polar surface area (TPSA) is 186 Å². The van der Waals surface area contributed by atoms with Crippen molar-refractivity contribution < 1.29 is 43.0 Å². The van der Waals surface area contributed by atoms with E-state index < -0.39 is 53.7 Å². The van der Waals surface area contributed by atoms with Crippen molar-refractivity contribution in [1.29, 1.82) is 0 Å². The highest BCUT2D eigenvalue weighted by atomic mass is 16.6. The lowest BCUT2D eigenvalue weighted by molar-refractivity contribution is -0.133. The molecule has 13 nitrogen and oxygen atoms in total. The minimum Gasteiger partial charge on any atom is -0.410 e. The Kier molecular flexibility index (Phi) is 20.6. The number of ether oxygens (including phenoxy) is 2. The van der Waals surface area contributed by atoms with Gasteiger partial charge < -0.3 is 30.7 Å². The first-order valence-electron chi connectivity index (χ1n) is 19.6. The molecule has 0 fully saturated rings. The molecule has 2 aromatic carbocycles. The highest BCUT2D eigenvalue weighted by Crippen LogP contribution is 2.21. The van der Waals surface area contributed by atoms with Gasteiger partial charge in [-0.05, 0) is 73.6 Å². The van der Waals surface area contributed by atoms with Crippen molar-refractivity contribution in [3.05, 3.63) is 60.7 Å². The van der Waals surface area contributed by atoms with E-state index in [1.54, 1.807) is 60.7 Å². The SMILES string of the molecule is CC(C)CC(NC(=O)Oc1ccccc1)C(=O)C[C@@H](CC(C)C)C(=O)NCC(=O)CNC(=O)[C@H](CC(=O)[C@H](CC(C)C)NC(=O)Oc1ccccc1)CC(C)C. The summed E-state index contributed by atoms with van der Waals surface area (Å²) in [4.78, 5) is 91.9. The number of nitrogens with one attached hydrogen (secondary N) is 4. The second-order valence-corrected chi connectivity index (χ2v) is 16.0. The second-order valence-electron chi connectivity index (χ2n) is 16.0. The van der Waals surface area contributed by atoms with Gasteiger partial charge in [-0.15, -0.1) is 0 Å². The summed E-state index contributed by atoms with van der Waals surface area (Å²) in [6, 6.07) is 15.2. The third kappa shape index (κ3) is 19.0. The molecular weight excluding hydrogens is 716 g/mol. The second kappa shape index (κ2) is 24.4. The first kappa shape index (κ1) is 47.1. The Morgan fingerprint density at radius 1 is 0.482 bits per heavy atom. The molecule has 4 N–H and O–H groups in total. The molecule has 0 aliphatic rings. The summed E-state index contributed by atoms with van der Waals surface area (Å²) in [6.45, 7) is 14.6. The third-order valence-electron chi connectivity index (χ3n) is 8.75. The molecule has 308 valence electrons. The fraction of sp³-hybridized carbons (Fsp3) is 0.558. The van der Waals surface area contributed by atoms with Crippen LogP contribution in [0.2, 0.25) is 0 Å². The van der Waals surface area contributed by atoms with Crippen molar-refractivity contribution in [3.8, 4) is 11.5 Å². The number of carbonyl (C=O) groups is 7. The molecule has 0 aliphatic carbocycles. The highest BCUT2D eigenvalue weighted by molar-refractivity contribution is 5.95. The Morgan fingerprint density at radius 2 is 0.804 bits per heavy atom. The van der Waals surface area contributed by atoms with E-state index >= 15 is 0 Å². The van der Waals surface area contributed by atoms with Gasteiger partial charge in [0.1, 0.15) is 11.5 Å². The molecule has 0 heterocycles. The number of ketones is 3. The first-order valence-corrected chi connectivity index (χ1v) is 19.6. The maximum absolute atomic E-state index is 13.5. The smallest absolute Gasteiger partial charge is 0.410 e. The average molecular weight is 779 g/mol. The monoisotopic (exact) mass is 778 g/mol. The summed E-state index contributed by atoms with van der Waals surface area (Å²) in [5.74, 6) is -2.73. The van der Waals surface area contributed by atoms with Crippen molar-refractivity contribution >= 4 is 41.4 Å². The maximum atomic E-state index is 13.5. The molecule has 2 aromatic rings. The van der Waals surface area contributed by atoms with Crippen LogP contribution in [-0.4, -0.2) is 66.5 Å². The van der Waals surface area contributed by atoms with Gasteiger partial charge >= 0.3 is 12.2 Å². The number of carbonyl (C=O) groups excluding carboxylic acids is 7. The Bertz CT molecular complexity index is 1460. The normalized spacial score (nSPS) is 13.4. The number of benzene rings is 2. The lowest BCUT2D eigenvalue weighted by Gasteiger charge is -2.23. The summed E-state index contributed by atoms with van der Waals surface area (Å²) in [7, 11) is 0. The molecule has 0 saturated carbocycles. The average Bonchev–Trinajstić information content (AvgIpc) is 3.11. The molecule has 0 saturated heterocycles. The molecule has 4 amide bonds. The molecular formula is C43H62N4O9. The molecule has 0 spiro atoms. The molecule has 1 unspecified atom stereocenters. The van der Waals surface area contributed by atoms with Gasteiger partial charge in [0.2, 0.25) is 11.8 Å². The van der Waals surface area contributed by atoms with Crippen molar-refractivity contribution in [2.75, 3.05) is 13.1 Å². The van der Waals surface area contributed by atoms with E-state index in [4.69, 9.17) is 9.47 Å². The summed E-state index contributed by atoms with van der Waals surface area (Å²) >= 11 is 0. The summed E-state index contributed by atoms with van der Waals surface area (Å²) < 4.78 is 10.6. The zero-order valence-electron chi connectivity index (χ0n) is 34.2. The molecule has 0 aromatic heterocycles. The zero-order chi connectivity index (χ0) is 41.8. The summed E-state index contributed by atoms with van der Waals surface area (Å²) in [5.41, 5.74) is 0. The molecule has 0 radical (unpaired) electrons. The van der Waals surface area contributed by atoms with Crippen LogP contribution in [-0.2, 0) is 24.0 Å². The van der Waals surface area contributed by atoms with Crippen LogP contribution in [0.25, 0.3) is 0 Å². The van der Waals surface area contributed by atoms with E-state index in [-0.39, 0.29) is 61.2 Å². The number of amides is 4. The largest absolute Gasteiger partial charge is 0.413 e. The highest BCUT2D eigenvalue weighted by Gasteiger charge is 2.31. The van der Waals surface area contributed by atoms with Gasteiger partial charge in [0.05, 0.1) is 25.2 Å². The molecule has 0 bridgehead atoms. The lowest BCUT2D eigenvalue weighted by atomic mass is 9.88. The standard InChI is InChI=1S/C43H62N4O9/c1-27(2)19-31(23-38(49)36(21-29(5)6)46-42(53)55-34-15-11-9-12-16-34)40(51)44-25-33(48)26-45-41(52)32(20-28(3)4)24-39(50)37(22-30(7)8)47-43(54)56-35-17-13-10-14-18-35/h9-18,27-32,36-37H,19-26H2,1-8H3,(H,44,51)(H,45,52)(H,46,53)(H,47,54)/t31-,32+,36-,37?/m0/s1. The minimum atomic E-state index is -0.879. The zero-order valence-corrected chi connectivity index (χ0v) is 34.2. The predicted octanol–water partition coefficient (Wildman–Crippen LogP) is 6.44. The van der Waals surface area contributed by atoms with Gasteiger partial charge in [0.25, 0.3) is 0 Å². The molecule has 13 heteroatoms. The Labute approximate surface area is 331 Å². The quantitative estimate of drug-likeness (QED) is 0.0931. The van der Waals surface area contributed by atoms with E-state index in [1.165, 1.54) is 0 Å². The van der Waals surface area contributed by atoms with Gasteiger partial charge in [-0.2, -0.15) is 0 Å². The van der Waals surface area contributed by atoms with Crippen molar-refractivity contribution in [3.63, 3.8) is 0 Å². The lowest BCUT2D eigenvalue weighted by Crippen LogP contribution is -2.46. The van der Waals surface area contributed by atoms with Crippen molar-refractivity contribution in [1.82, 2.24) is 21.3 Å². The maximum Gasteiger partial charge on any atom is 0.413 e. The van der Waals surface area contributed by atoms with Gasteiger partial charge in [0, 0.05) is 24.7 Å². The van der Waals surface area contributed by atoms with E-state index in [0.717, 1.165) is 0 Å². The van der Waals surface area contributed by atoms with Gasteiger partial charge in [-0.1, -0.05) is 91.8 Å². The Morgan fingerprint density at radius 3 is 1.11 bits per heavy atom. The fourth-order valence-electron chi connectivity index (χ4n) is 6.22. The number of para-hydroxylation sites is 2. The summed E-state index contributed by atoms with van der Waals surface area (Å²) in [6.07, 6.45) is -0.434. The van der Waals surface area contributed by atoms with E-state index in [2.05, 4.69) is 21.3 Å². The predicted molar refractivity (Wildman–Crippen MR) is 214 cm³/mol. The van der Waals surface area contributed by atoms with Gasteiger partial charge in [0.15, 0.2) is 17.3 Å². The molecule has 56 heavy (non-hydrogen) atoms. The number of hydrogen-bond donors (Lipinski definition) is 4. The fourth-order valence-corrected chi connectivity index (χ4v) is 6.22. The van der Waals surface area contributed by atoms with Crippen molar-refractivity contribution in [2.24, 2.45) is 35.5 Å². The van der Waals surface area contributed by atoms with Gasteiger partial charge in [-0.3, -0.25) is 24.0 Å². The molecule has 0 aliphatic heterocycles. The van der Waals surface area contributed by atoms with Crippen LogP contribution in [0.1, 0.15) is 93.9 Å². The summed E-state index contributed by atoms with van der Waals surface area (Å²) in [5, 5.41) is 10.6. The van der Waals surface area contributed by atoms with Crippen LogP contribution in [0.3, 0.4) is 0 Å². The van der Waals surface area contributed by atoms with Crippen LogP contribution in [0.5, 0.6) is 11.5 Å². The molecule has 2 rings (SSSR count). The van der Waals surface area contributed by atoms with E-state index in [1.807, 2.05) is 55.4 Å². The van der Waals surface area contributed by atoms with Crippen LogP contribution < -0.4 is 30.7 Å². The van der Waals surface area contributed by atoms with E-state index in [9.17, 15) is 33.6 Å². The molecule has 4 atom stereocenters. The minimum absolute atomic E-state index is 0.0542. The van der Waals surface area contributed by atoms with Gasteiger partial charge in [-0.25, -0.2) is 9.59 Å². The third-order valence-corrected chi connectivity index (χ3v) is 8.75. The van der Waals surface area contributed by atoms with Crippen LogP contribution in [0.15, 0.2) is 60.7 Å². The first-order chi connectivity index (χ1) is 26.4.